The molecule has 0 radical (unpaired) electrons. The molecule has 0 aromatic heterocycles. The van der Waals surface area contributed by atoms with Crippen molar-refractivity contribution < 1.29 is 28.8 Å². The second-order valence-corrected chi connectivity index (χ2v) is 8.96. The highest BCUT2D eigenvalue weighted by atomic mass is 16.7. The Bertz CT molecular complexity index is 1270. The summed E-state index contributed by atoms with van der Waals surface area (Å²) in [6, 6.07) is 20.4. The number of carbonyl (C=O) groups is 4. The van der Waals surface area contributed by atoms with Gasteiger partial charge in [-0.1, -0.05) is 53.6 Å². The summed E-state index contributed by atoms with van der Waals surface area (Å²) in [4.78, 5) is 54.6. The Balaban J connectivity index is 1.42. The Morgan fingerprint density at radius 1 is 0.829 bits per heavy atom. The Morgan fingerprint density at radius 3 is 2.06 bits per heavy atom. The maximum atomic E-state index is 12.7. The monoisotopic (exact) mass is 472 g/mol. The molecule has 3 amide bonds. The minimum absolute atomic E-state index is 0.190. The molecular formula is C27H24N2O6. The molecule has 1 aliphatic heterocycles. The highest BCUT2D eigenvalue weighted by molar-refractivity contribution is 6.21. The summed E-state index contributed by atoms with van der Waals surface area (Å²) in [5.74, 6) is -2.17. The van der Waals surface area contributed by atoms with Crippen molar-refractivity contribution in [2.75, 3.05) is 0 Å². The Labute approximate surface area is 202 Å². The number of imide groups is 1. The summed E-state index contributed by atoms with van der Waals surface area (Å²) < 4.78 is 5.23. The first-order chi connectivity index (χ1) is 16.6. The lowest BCUT2D eigenvalue weighted by atomic mass is 10.0. The second kappa shape index (κ2) is 9.42. The van der Waals surface area contributed by atoms with Crippen molar-refractivity contribution in [3.8, 4) is 11.1 Å². The van der Waals surface area contributed by atoms with Crippen molar-refractivity contribution in [1.29, 1.82) is 0 Å². The number of alkyl carbamates (subject to hydrolysis) is 1. The summed E-state index contributed by atoms with van der Waals surface area (Å²) in [5, 5.41) is 3.20. The second-order valence-electron chi connectivity index (χ2n) is 8.96. The number of amides is 3. The molecule has 0 saturated heterocycles. The number of hydrogen-bond donors (Lipinski definition) is 1. The maximum Gasteiger partial charge on any atom is 0.407 e. The number of nitrogens with one attached hydrogen (secondary N) is 1. The van der Waals surface area contributed by atoms with E-state index in [1.54, 1.807) is 51.1 Å². The fourth-order valence-corrected chi connectivity index (χ4v) is 3.51. The van der Waals surface area contributed by atoms with Gasteiger partial charge in [0.1, 0.15) is 5.60 Å². The van der Waals surface area contributed by atoms with Crippen LogP contribution in [-0.2, 0) is 16.1 Å². The third-order valence-electron chi connectivity index (χ3n) is 5.15. The molecule has 8 nitrogen and oxygen atoms in total. The smallest absolute Gasteiger partial charge is 0.407 e. The number of carbonyl (C=O) groups excluding carboxylic acids is 4. The molecule has 4 rings (SSSR count). The predicted octanol–water partition coefficient (Wildman–Crippen LogP) is 4.75. The topological polar surface area (TPSA) is 102 Å². The lowest BCUT2D eigenvalue weighted by molar-refractivity contribution is -0.0584. The van der Waals surface area contributed by atoms with Crippen LogP contribution in [0, 0.1) is 0 Å². The van der Waals surface area contributed by atoms with E-state index in [4.69, 9.17) is 9.57 Å². The molecule has 8 heteroatoms. The van der Waals surface area contributed by atoms with Gasteiger partial charge in [0.05, 0.1) is 16.7 Å². The van der Waals surface area contributed by atoms with Crippen LogP contribution in [0.5, 0.6) is 0 Å². The molecule has 1 aliphatic rings. The van der Waals surface area contributed by atoms with E-state index in [1.807, 2.05) is 30.3 Å². The highest BCUT2D eigenvalue weighted by Crippen LogP contribution is 2.25. The van der Waals surface area contributed by atoms with Crippen LogP contribution in [0.4, 0.5) is 4.79 Å². The van der Waals surface area contributed by atoms with E-state index in [9.17, 15) is 19.2 Å². The average molecular weight is 472 g/mol. The molecule has 178 valence electrons. The molecule has 0 atom stereocenters. The molecule has 0 aliphatic carbocycles. The molecule has 0 spiro atoms. The van der Waals surface area contributed by atoms with E-state index < -0.39 is 29.5 Å². The zero-order valence-corrected chi connectivity index (χ0v) is 19.5. The number of hydroxylamine groups is 2. The molecule has 3 aromatic rings. The van der Waals surface area contributed by atoms with Crippen molar-refractivity contribution in [3.63, 3.8) is 0 Å². The van der Waals surface area contributed by atoms with Crippen molar-refractivity contribution in [2.45, 2.75) is 32.9 Å². The van der Waals surface area contributed by atoms with Crippen molar-refractivity contribution >= 4 is 23.9 Å². The van der Waals surface area contributed by atoms with Gasteiger partial charge in [-0.25, -0.2) is 9.59 Å². The zero-order valence-electron chi connectivity index (χ0n) is 19.5. The summed E-state index contributed by atoms with van der Waals surface area (Å²) in [6.45, 7) is 5.70. The van der Waals surface area contributed by atoms with Gasteiger partial charge in [-0.3, -0.25) is 9.59 Å². The number of benzene rings is 3. The number of rotatable bonds is 5. The number of ether oxygens (including phenoxy) is 1. The number of hydrogen-bond acceptors (Lipinski definition) is 6. The molecule has 3 aromatic carbocycles. The van der Waals surface area contributed by atoms with Gasteiger partial charge in [-0.15, -0.1) is 0 Å². The molecule has 0 saturated carbocycles. The minimum atomic E-state index is -0.820. The molecule has 35 heavy (non-hydrogen) atoms. The lowest BCUT2D eigenvalue weighted by Crippen LogP contribution is -2.32. The van der Waals surface area contributed by atoms with Crippen LogP contribution >= 0.6 is 0 Å². The van der Waals surface area contributed by atoms with Gasteiger partial charge in [0.2, 0.25) is 0 Å². The SMILES string of the molecule is CC(C)(C)OC(=O)NCc1ccc(-c2cccc(C(=O)ON3C(=O)c4ccccc4C3=O)c2)cc1. The van der Waals surface area contributed by atoms with Crippen LogP contribution in [0.15, 0.2) is 72.8 Å². The fraction of sp³-hybridized carbons (Fsp3) is 0.185. The minimum Gasteiger partial charge on any atom is -0.444 e. The third kappa shape index (κ3) is 5.38. The van der Waals surface area contributed by atoms with Gasteiger partial charge >= 0.3 is 12.1 Å². The summed E-state index contributed by atoms with van der Waals surface area (Å²) in [6.07, 6.45) is -0.495. The van der Waals surface area contributed by atoms with Crippen molar-refractivity contribution in [1.82, 2.24) is 10.4 Å². The van der Waals surface area contributed by atoms with E-state index in [0.717, 1.165) is 16.7 Å². The van der Waals surface area contributed by atoms with Crippen LogP contribution < -0.4 is 5.32 Å². The van der Waals surface area contributed by atoms with Gasteiger partial charge in [-0.2, -0.15) is 0 Å². The third-order valence-corrected chi connectivity index (χ3v) is 5.15. The van der Waals surface area contributed by atoms with E-state index in [1.165, 1.54) is 12.1 Å². The maximum absolute atomic E-state index is 12.7. The highest BCUT2D eigenvalue weighted by Gasteiger charge is 2.38. The first-order valence-electron chi connectivity index (χ1n) is 11.0. The van der Waals surface area contributed by atoms with Gasteiger partial charge in [-0.05, 0) is 61.7 Å². The molecular weight excluding hydrogens is 448 g/mol. The fourth-order valence-electron chi connectivity index (χ4n) is 3.51. The first kappa shape index (κ1) is 23.7. The van der Waals surface area contributed by atoms with Gasteiger partial charge < -0.3 is 14.9 Å². The normalized spacial score (nSPS) is 12.8. The summed E-state index contributed by atoms with van der Waals surface area (Å²) >= 11 is 0. The number of nitrogens with zero attached hydrogens (tertiary/aromatic N) is 1. The van der Waals surface area contributed by atoms with Crippen LogP contribution in [0.25, 0.3) is 11.1 Å². The van der Waals surface area contributed by atoms with Crippen LogP contribution in [-0.4, -0.2) is 34.5 Å². The first-order valence-corrected chi connectivity index (χ1v) is 11.0. The largest absolute Gasteiger partial charge is 0.444 e. The molecule has 0 fully saturated rings. The van der Waals surface area contributed by atoms with Gasteiger partial charge in [0, 0.05) is 6.54 Å². The molecule has 1 heterocycles. The Kier molecular flexibility index (Phi) is 6.38. The standard InChI is InChI=1S/C27H24N2O6/c1-27(2,3)34-26(33)28-16-17-11-13-18(14-12-17)19-7-6-8-20(15-19)25(32)35-29-23(30)21-9-4-5-10-22(21)24(29)31/h4-15H,16H2,1-3H3,(H,28,33). The van der Waals surface area contributed by atoms with Gasteiger partial charge in [0.15, 0.2) is 0 Å². The predicted molar refractivity (Wildman–Crippen MR) is 127 cm³/mol. The van der Waals surface area contributed by atoms with Crippen LogP contribution in [0.2, 0.25) is 0 Å². The van der Waals surface area contributed by atoms with E-state index >= 15 is 0 Å². The van der Waals surface area contributed by atoms with E-state index in [2.05, 4.69) is 5.32 Å². The number of fused-ring (bicyclic) bond motifs is 1. The van der Waals surface area contributed by atoms with Crippen LogP contribution in [0.1, 0.15) is 57.4 Å². The van der Waals surface area contributed by atoms with Crippen LogP contribution in [0.3, 0.4) is 0 Å². The van der Waals surface area contributed by atoms with Crippen molar-refractivity contribution in [3.05, 3.63) is 95.1 Å². The lowest BCUT2D eigenvalue weighted by Gasteiger charge is -2.19. The quantitative estimate of drug-likeness (QED) is 0.538. The molecule has 0 bridgehead atoms. The molecule has 0 unspecified atom stereocenters. The van der Waals surface area contributed by atoms with E-state index in [-0.39, 0.29) is 16.7 Å². The Morgan fingerprint density at radius 2 is 1.46 bits per heavy atom. The van der Waals surface area contributed by atoms with Gasteiger partial charge in [0.25, 0.3) is 11.8 Å². The van der Waals surface area contributed by atoms with E-state index in [0.29, 0.717) is 11.6 Å². The zero-order chi connectivity index (χ0) is 25.2. The van der Waals surface area contributed by atoms with Crippen molar-refractivity contribution in [2.24, 2.45) is 0 Å². The summed E-state index contributed by atoms with van der Waals surface area (Å²) in [7, 11) is 0. The average Bonchev–Trinajstić information content (AvgIpc) is 3.07. The Hall–Kier alpha value is -4.46. The summed E-state index contributed by atoms with van der Waals surface area (Å²) in [5.41, 5.74) is 2.46. The molecule has 1 N–H and O–H groups in total.